The average Bonchev–Trinajstić information content (AvgIpc) is 3.99. The number of alkyl halides is 2. The number of sulfonamides is 1. The Morgan fingerprint density at radius 2 is 1.81 bits per heavy atom. The van der Waals surface area contributed by atoms with Gasteiger partial charge in [-0.2, -0.15) is 4.80 Å². The van der Waals surface area contributed by atoms with Gasteiger partial charge in [-0.05, 0) is 84.8 Å². The molecule has 6 rings (SSSR count). The van der Waals surface area contributed by atoms with E-state index in [9.17, 15) is 36.0 Å². The van der Waals surface area contributed by atoms with Gasteiger partial charge in [0.2, 0.25) is 34.1 Å². The molecule has 3 N–H and O–H groups in total. The minimum Gasteiger partial charge on any atom is -0.497 e. The van der Waals surface area contributed by atoms with Crippen molar-refractivity contribution in [3.63, 3.8) is 0 Å². The van der Waals surface area contributed by atoms with Gasteiger partial charge in [-0.15, -0.1) is 10.2 Å². The summed E-state index contributed by atoms with van der Waals surface area (Å²) >= 11 is 0. The third kappa shape index (κ3) is 8.32. The van der Waals surface area contributed by atoms with E-state index >= 15 is 0 Å². The lowest BCUT2D eigenvalue weighted by atomic mass is 9.85. The fraction of sp³-hybridized carbons (Fsp3) is 0.543. The second kappa shape index (κ2) is 14.7. The zero-order valence-electron chi connectivity index (χ0n) is 29.8. The molecule has 1 aliphatic heterocycles. The lowest BCUT2D eigenvalue weighted by Gasteiger charge is -2.36. The number of rotatable bonds is 14. The summed E-state index contributed by atoms with van der Waals surface area (Å²) < 4.78 is 74.3. The monoisotopic (exact) mass is 760 g/mol. The standard InChI is InChI=1S/C35H43F3N8O6S/c1-34(2,3)28(39-15-14-20-6-5-7-22(36)16-20)32(48)45-19-23(46-42-30(41-44-46)21-8-10-24(52-4)11-9-21)17-27(45)31(47)40-35(18-26(35)29(37)38)33(49)43-53(50,51)25-12-13-25/h5-11,16,23,25-29,39H,12-15,17-19H2,1-4H3,(H,40,47)(H,43,49)/t23-,26+,27?,28-,35-/m1/s1. The summed E-state index contributed by atoms with van der Waals surface area (Å²) in [4.78, 5) is 44.6. The van der Waals surface area contributed by atoms with E-state index in [1.807, 2.05) is 25.5 Å². The number of halogens is 3. The maximum Gasteiger partial charge on any atom is 0.259 e. The Labute approximate surface area is 305 Å². The molecule has 53 heavy (non-hydrogen) atoms. The van der Waals surface area contributed by atoms with Crippen LogP contribution in [0.3, 0.4) is 0 Å². The largest absolute Gasteiger partial charge is 0.497 e. The number of carbonyl (C=O) groups is 3. The normalized spacial score (nSPS) is 23.5. The van der Waals surface area contributed by atoms with Gasteiger partial charge in [0.15, 0.2) is 0 Å². The molecule has 2 aromatic carbocycles. The summed E-state index contributed by atoms with van der Waals surface area (Å²) in [6.45, 7) is 5.73. The molecule has 0 spiro atoms. The highest BCUT2D eigenvalue weighted by Gasteiger charge is 2.66. The maximum atomic E-state index is 14.5. The Hall–Kier alpha value is -4.58. The Balaban J connectivity index is 1.27. The molecule has 0 bridgehead atoms. The van der Waals surface area contributed by atoms with Crippen LogP contribution >= 0.6 is 0 Å². The predicted octanol–water partition coefficient (Wildman–Crippen LogP) is 2.63. The maximum absolute atomic E-state index is 14.5. The molecule has 18 heteroatoms. The van der Waals surface area contributed by atoms with Gasteiger partial charge in [-0.25, -0.2) is 21.6 Å². The van der Waals surface area contributed by atoms with E-state index in [1.54, 1.807) is 36.4 Å². The number of amides is 3. The SMILES string of the molecule is COc1ccc(-c2nnn([C@@H]3CC(C(=O)N[C@]4(C(=O)NS(=O)(=O)C5CC5)C[C@H]4C(F)F)N(C(=O)[C@@H](NCCc4cccc(F)c4)C(C)(C)C)C3)n2)cc1. The third-order valence-corrected chi connectivity index (χ3v) is 11.8. The van der Waals surface area contributed by atoms with E-state index in [0.717, 1.165) is 0 Å². The zero-order valence-corrected chi connectivity index (χ0v) is 30.6. The molecule has 14 nitrogen and oxygen atoms in total. The number of ether oxygens (including phenoxy) is 1. The number of likely N-dealkylation sites (tertiary alicyclic amines) is 1. The highest BCUT2D eigenvalue weighted by Crippen LogP contribution is 2.48. The Bertz CT molecular complexity index is 1950. The quantitative estimate of drug-likeness (QED) is 0.222. The van der Waals surface area contributed by atoms with E-state index in [0.29, 0.717) is 36.1 Å². The molecule has 1 unspecified atom stereocenters. The molecule has 3 aliphatic rings. The molecule has 3 aromatic rings. The van der Waals surface area contributed by atoms with Crippen molar-refractivity contribution in [3.05, 3.63) is 59.9 Å². The van der Waals surface area contributed by atoms with Crippen LogP contribution in [-0.2, 0) is 30.8 Å². The number of aromatic nitrogens is 4. The summed E-state index contributed by atoms with van der Waals surface area (Å²) in [5.74, 6) is -3.73. The summed E-state index contributed by atoms with van der Waals surface area (Å²) in [6.07, 6.45) is -2.49. The molecule has 0 radical (unpaired) electrons. The second-order valence-corrected chi connectivity index (χ2v) is 16.9. The van der Waals surface area contributed by atoms with Gasteiger partial charge in [-0.1, -0.05) is 32.9 Å². The van der Waals surface area contributed by atoms with E-state index in [1.165, 1.54) is 28.9 Å². The highest BCUT2D eigenvalue weighted by molar-refractivity contribution is 7.91. The molecule has 3 fully saturated rings. The topological polar surface area (TPSA) is 178 Å². The molecule has 2 saturated carbocycles. The molecule has 1 saturated heterocycles. The molecule has 2 aliphatic carbocycles. The Morgan fingerprint density at radius 1 is 1.09 bits per heavy atom. The third-order valence-electron chi connectivity index (χ3n) is 10.0. The minimum atomic E-state index is -4.11. The van der Waals surface area contributed by atoms with Gasteiger partial charge < -0.3 is 20.3 Å². The van der Waals surface area contributed by atoms with Crippen LogP contribution in [-0.4, -0.2) is 101 Å². The fourth-order valence-corrected chi connectivity index (χ4v) is 8.09. The second-order valence-electron chi connectivity index (χ2n) is 15.0. The van der Waals surface area contributed by atoms with Crippen molar-refractivity contribution in [1.29, 1.82) is 0 Å². The number of nitrogens with zero attached hydrogens (tertiary/aromatic N) is 5. The molecule has 286 valence electrons. The van der Waals surface area contributed by atoms with E-state index in [-0.39, 0.29) is 31.2 Å². The van der Waals surface area contributed by atoms with Crippen LogP contribution in [0.4, 0.5) is 13.2 Å². The van der Waals surface area contributed by atoms with Crippen LogP contribution in [0, 0.1) is 17.2 Å². The van der Waals surface area contributed by atoms with Crippen LogP contribution in [0.5, 0.6) is 5.75 Å². The van der Waals surface area contributed by atoms with E-state index in [4.69, 9.17) is 4.74 Å². The van der Waals surface area contributed by atoms with Crippen molar-refractivity contribution >= 4 is 27.7 Å². The molecular weight excluding hydrogens is 717 g/mol. The summed E-state index contributed by atoms with van der Waals surface area (Å²) in [5.41, 5.74) is -1.53. The highest BCUT2D eigenvalue weighted by atomic mass is 32.2. The number of hydrogen-bond donors (Lipinski definition) is 3. The van der Waals surface area contributed by atoms with Crippen molar-refractivity contribution in [2.75, 3.05) is 20.2 Å². The Kier molecular flexibility index (Phi) is 10.6. The van der Waals surface area contributed by atoms with E-state index < -0.39 is 80.8 Å². The number of benzene rings is 2. The van der Waals surface area contributed by atoms with Crippen molar-refractivity contribution in [1.82, 2.24) is 40.5 Å². The van der Waals surface area contributed by atoms with Gasteiger partial charge in [-0.3, -0.25) is 19.1 Å². The van der Waals surface area contributed by atoms with Crippen molar-refractivity contribution in [2.24, 2.45) is 11.3 Å². The van der Waals surface area contributed by atoms with Gasteiger partial charge in [0.05, 0.1) is 30.4 Å². The number of carbonyl (C=O) groups excluding carboxylic acids is 3. The van der Waals surface area contributed by atoms with Crippen molar-refractivity contribution in [3.8, 4) is 17.1 Å². The summed E-state index contributed by atoms with van der Waals surface area (Å²) in [7, 11) is -2.57. The van der Waals surface area contributed by atoms with Gasteiger partial charge in [0.25, 0.3) is 5.91 Å². The molecule has 1 aromatic heterocycles. The lowest BCUT2D eigenvalue weighted by molar-refractivity contribution is -0.143. The van der Waals surface area contributed by atoms with Crippen LogP contribution in [0.25, 0.3) is 11.4 Å². The summed E-state index contributed by atoms with van der Waals surface area (Å²) in [6, 6.07) is 10.2. The van der Waals surface area contributed by atoms with Gasteiger partial charge in [0, 0.05) is 18.5 Å². The number of tetrazole rings is 1. The first-order chi connectivity index (χ1) is 25.0. The molecular formula is C35H43F3N8O6S. The lowest BCUT2D eigenvalue weighted by Crippen LogP contribution is -2.60. The average molecular weight is 761 g/mol. The van der Waals surface area contributed by atoms with Crippen molar-refractivity contribution in [2.45, 2.75) is 88.2 Å². The first-order valence-corrected chi connectivity index (χ1v) is 19.0. The number of hydrogen-bond acceptors (Lipinski definition) is 10. The Morgan fingerprint density at radius 3 is 2.42 bits per heavy atom. The van der Waals surface area contributed by atoms with Crippen LogP contribution < -0.4 is 20.1 Å². The van der Waals surface area contributed by atoms with Crippen LogP contribution in [0.1, 0.15) is 58.1 Å². The van der Waals surface area contributed by atoms with Crippen LogP contribution in [0.15, 0.2) is 48.5 Å². The zero-order chi connectivity index (χ0) is 38.3. The van der Waals surface area contributed by atoms with Gasteiger partial charge >= 0.3 is 0 Å². The number of methoxy groups -OCH3 is 1. The smallest absolute Gasteiger partial charge is 0.259 e. The molecule has 2 heterocycles. The molecule has 3 amide bonds. The van der Waals surface area contributed by atoms with Gasteiger partial charge in [0.1, 0.15) is 23.1 Å². The fourth-order valence-electron chi connectivity index (χ4n) is 6.73. The first kappa shape index (κ1) is 38.2. The predicted molar refractivity (Wildman–Crippen MR) is 185 cm³/mol. The molecule has 5 atom stereocenters. The summed E-state index contributed by atoms with van der Waals surface area (Å²) in [5, 5.41) is 17.8. The number of nitrogens with one attached hydrogen (secondary N) is 3. The van der Waals surface area contributed by atoms with E-state index in [2.05, 4.69) is 26.0 Å². The van der Waals surface area contributed by atoms with Crippen LogP contribution in [0.2, 0.25) is 0 Å². The van der Waals surface area contributed by atoms with Crippen molar-refractivity contribution < 1.29 is 40.7 Å². The first-order valence-electron chi connectivity index (χ1n) is 17.4. The minimum absolute atomic E-state index is 0.0619.